The monoisotopic (exact) mass is 520 g/mol. The van der Waals surface area contributed by atoms with Crippen molar-refractivity contribution >= 4 is 63.8 Å². The molecule has 0 atom stereocenters. The molecule has 3 rings (SSSR count). The van der Waals surface area contributed by atoms with Crippen LogP contribution in [-0.4, -0.2) is 37.3 Å². The summed E-state index contributed by atoms with van der Waals surface area (Å²) in [4.78, 5) is 35.0. The van der Waals surface area contributed by atoms with Crippen LogP contribution in [0.15, 0.2) is 60.3 Å². The Balaban J connectivity index is 1.62. The number of nitrogens with one attached hydrogen (secondary N) is 2. The number of allylic oxidation sites excluding steroid dienone is 1. The van der Waals surface area contributed by atoms with Crippen LogP contribution in [0.3, 0.4) is 0 Å². The minimum Gasteiger partial charge on any atom is -0.325 e. The number of amides is 2. The van der Waals surface area contributed by atoms with Gasteiger partial charge in [0.25, 0.3) is 5.69 Å². The second-order valence-electron chi connectivity index (χ2n) is 6.77. The predicted octanol–water partition coefficient (Wildman–Crippen LogP) is 4.59. The number of non-ortho nitro benzene ring substituents is 1. The van der Waals surface area contributed by atoms with Gasteiger partial charge in [-0.25, -0.2) is 0 Å². The standard InChI is InChI=1S/C21H18Cl2N6O4S/c1-2-10-28-17(11-18(30)25-16-5-3-4-15(22)20(16)23)26-27-21(28)34-12-19(31)24-13-6-8-14(9-7-13)29(32)33/h2-9H,1,10-12H2,(H,24,31)(H,25,30). The lowest BCUT2D eigenvalue weighted by molar-refractivity contribution is -0.384. The average molecular weight is 521 g/mol. The summed E-state index contributed by atoms with van der Waals surface area (Å²) in [5.74, 6) is -0.304. The van der Waals surface area contributed by atoms with E-state index in [0.717, 1.165) is 11.8 Å². The number of benzene rings is 2. The molecule has 0 aliphatic rings. The average Bonchev–Trinajstić information content (AvgIpc) is 3.17. The first-order chi connectivity index (χ1) is 16.3. The summed E-state index contributed by atoms with van der Waals surface area (Å²) in [5.41, 5.74) is 0.742. The molecule has 2 N–H and O–H groups in total. The number of aromatic nitrogens is 3. The third kappa shape index (κ3) is 6.56. The van der Waals surface area contributed by atoms with E-state index in [2.05, 4.69) is 27.4 Å². The van der Waals surface area contributed by atoms with E-state index < -0.39 is 4.92 Å². The third-order valence-electron chi connectivity index (χ3n) is 4.34. The predicted molar refractivity (Wildman–Crippen MR) is 131 cm³/mol. The molecule has 13 heteroatoms. The molecule has 0 spiro atoms. The highest BCUT2D eigenvalue weighted by atomic mass is 35.5. The topological polar surface area (TPSA) is 132 Å². The first-order valence-corrected chi connectivity index (χ1v) is 11.5. The Morgan fingerprint density at radius 1 is 1.12 bits per heavy atom. The van der Waals surface area contributed by atoms with E-state index in [1.807, 2.05) is 0 Å². The van der Waals surface area contributed by atoms with Crippen LogP contribution in [-0.2, 0) is 22.6 Å². The van der Waals surface area contributed by atoms with E-state index in [1.165, 1.54) is 24.3 Å². The zero-order chi connectivity index (χ0) is 24.7. The van der Waals surface area contributed by atoms with Crippen molar-refractivity contribution in [3.8, 4) is 0 Å². The number of nitrogens with zero attached hydrogens (tertiary/aromatic N) is 4. The maximum atomic E-state index is 12.5. The molecule has 0 saturated heterocycles. The molecule has 2 amide bonds. The van der Waals surface area contributed by atoms with Gasteiger partial charge in [0.05, 0.1) is 32.8 Å². The maximum absolute atomic E-state index is 12.5. The number of nitro benzene ring substituents is 1. The van der Waals surface area contributed by atoms with Gasteiger partial charge in [0.2, 0.25) is 11.8 Å². The highest BCUT2D eigenvalue weighted by Crippen LogP contribution is 2.29. The molecule has 10 nitrogen and oxygen atoms in total. The number of rotatable bonds is 10. The van der Waals surface area contributed by atoms with Crippen LogP contribution >= 0.6 is 35.0 Å². The molecule has 2 aromatic carbocycles. The molecule has 3 aromatic rings. The maximum Gasteiger partial charge on any atom is 0.269 e. The third-order valence-corrected chi connectivity index (χ3v) is 6.13. The van der Waals surface area contributed by atoms with Crippen LogP contribution < -0.4 is 10.6 Å². The number of carbonyl (C=O) groups is 2. The van der Waals surface area contributed by atoms with E-state index >= 15 is 0 Å². The highest BCUT2D eigenvalue weighted by Gasteiger charge is 2.17. The zero-order valence-electron chi connectivity index (χ0n) is 17.5. The Labute approximate surface area is 208 Å². The van der Waals surface area contributed by atoms with Gasteiger partial charge in [-0.1, -0.05) is 47.1 Å². The summed E-state index contributed by atoms with van der Waals surface area (Å²) >= 11 is 13.2. The lowest BCUT2D eigenvalue weighted by atomic mass is 10.3. The number of thioether (sulfide) groups is 1. The van der Waals surface area contributed by atoms with Crippen LogP contribution in [0, 0.1) is 10.1 Å². The number of anilines is 2. The Morgan fingerprint density at radius 3 is 2.53 bits per heavy atom. The van der Waals surface area contributed by atoms with Gasteiger partial charge in [0, 0.05) is 24.4 Å². The Hall–Kier alpha value is -3.41. The lowest BCUT2D eigenvalue weighted by Crippen LogP contribution is -2.18. The number of halogens is 2. The van der Waals surface area contributed by atoms with Crippen molar-refractivity contribution in [2.24, 2.45) is 0 Å². The minimum atomic E-state index is -0.519. The van der Waals surface area contributed by atoms with E-state index in [1.54, 1.807) is 28.8 Å². The SMILES string of the molecule is C=CCn1c(CC(=O)Nc2cccc(Cl)c2Cl)nnc1SCC(=O)Nc1ccc([N+](=O)[O-])cc1. The van der Waals surface area contributed by atoms with Crippen LogP contribution in [0.1, 0.15) is 5.82 Å². The van der Waals surface area contributed by atoms with Crippen LogP contribution in [0.2, 0.25) is 10.0 Å². The van der Waals surface area contributed by atoms with Crippen molar-refractivity contribution in [2.75, 3.05) is 16.4 Å². The van der Waals surface area contributed by atoms with Gasteiger partial charge in [-0.2, -0.15) is 0 Å². The van der Waals surface area contributed by atoms with Crippen molar-refractivity contribution < 1.29 is 14.5 Å². The minimum absolute atomic E-state index is 0.0105. The van der Waals surface area contributed by atoms with E-state index in [0.29, 0.717) is 33.9 Å². The molecule has 0 bridgehead atoms. The van der Waals surface area contributed by atoms with Crippen LogP contribution in [0.4, 0.5) is 17.1 Å². The smallest absolute Gasteiger partial charge is 0.269 e. The summed E-state index contributed by atoms with van der Waals surface area (Å²) in [6.45, 7) is 4.04. The van der Waals surface area contributed by atoms with Gasteiger partial charge < -0.3 is 15.2 Å². The fourth-order valence-electron chi connectivity index (χ4n) is 2.80. The second-order valence-corrected chi connectivity index (χ2v) is 8.49. The van der Waals surface area contributed by atoms with Crippen LogP contribution in [0.5, 0.6) is 0 Å². The van der Waals surface area contributed by atoms with Gasteiger partial charge >= 0.3 is 0 Å². The fraction of sp³-hybridized carbons (Fsp3) is 0.143. The molecule has 0 aliphatic heterocycles. The van der Waals surface area contributed by atoms with E-state index in [-0.39, 0.29) is 34.7 Å². The summed E-state index contributed by atoms with van der Waals surface area (Å²) in [6, 6.07) is 10.4. The molecule has 0 unspecified atom stereocenters. The molecule has 1 aromatic heterocycles. The van der Waals surface area contributed by atoms with E-state index in [9.17, 15) is 19.7 Å². The molecular weight excluding hydrogens is 503 g/mol. The Bertz CT molecular complexity index is 1230. The van der Waals surface area contributed by atoms with Gasteiger partial charge in [-0.05, 0) is 24.3 Å². The molecule has 0 radical (unpaired) electrons. The molecule has 1 heterocycles. The molecule has 0 saturated carbocycles. The highest BCUT2D eigenvalue weighted by molar-refractivity contribution is 7.99. The lowest BCUT2D eigenvalue weighted by Gasteiger charge is -2.10. The van der Waals surface area contributed by atoms with Crippen molar-refractivity contribution in [2.45, 2.75) is 18.1 Å². The van der Waals surface area contributed by atoms with Gasteiger partial charge in [-0.3, -0.25) is 19.7 Å². The van der Waals surface area contributed by atoms with Gasteiger partial charge in [-0.15, -0.1) is 16.8 Å². The normalized spacial score (nSPS) is 10.5. The fourth-order valence-corrected chi connectivity index (χ4v) is 3.92. The zero-order valence-corrected chi connectivity index (χ0v) is 19.9. The first kappa shape index (κ1) is 25.2. The van der Waals surface area contributed by atoms with Crippen molar-refractivity contribution in [1.82, 2.24) is 14.8 Å². The largest absolute Gasteiger partial charge is 0.325 e. The second kappa shape index (κ2) is 11.6. The summed E-state index contributed by atoms with van der Waals surface area (Å²) in [6.07, 6.45) is 1.54. The molecular formula is C21H18Cl2N6O4S. The number of nitro groups is 1. The van der Waals surface area contributed by atoms with Crippen molar-refractivity contribution in [3.05, 3.63) is 81.1 Å². The Morgan fingerprint density at radius 2 is 1.85 bits per heavy atom. The molecule has 0 fully saturated rings. The quantitative estimate of drug-likeness (QED) is 0.173. The first-order valence-electron chi connectivity index (χ1n) is 9.72. The molecule has 34 heavy (non-hydrogen) atoms. The number of hydrogen-bond donors (Lipinski definition) is 2. The van der Waals surface area contributed by atoms with Crippen molar-refractivity contribution in [1.29, 1.82) is 0 Å². The Kier molecular flexibility index (Phi) is 8.63. The van der Waals surface area contributed by atoms with Crippen LogP contribution in [0.25, 0.3) is 0 Å². The van der Waals surface area contributed by atoms with Gasteiger partial charge in [0.1, 0.15) is 5.82 Å². The molecule has 176 valence electrons. The summed E-state index contributed by atoms with van der Waals surface area (Å²) < 4.78 is 1.68. The van der Waals surface area contributed by atoms with Gasteiger partial charge in [0.15, 0.2) is 5.16 Å². The number of hydrogen-bond acceptors (Lipinski definition) is 7. The van der Waals surface area contributed by atoms with E-state index in [4.69, 9.17) is 23.2 Å². The summed E-state index contributed by atoms with van der Waals surface area (Å²) in [5, 5.41) is 25.2. The number of carbonyl (C=O) groups excluding carboxylic acids is 2. The molecule has 0 aliphatic carbocycles. The van der Waals surface area contributed by atoms with Crippen molar-refractivity contribution in [3.63, 3.8) is 0 Å². The summed E-state index contributed by atoms with van der Waals surface area (Å²) in [7, 11) is 0.